The van der Waals surface area contributed by atoms with Gasteiger partial charge in [-0.3, -0.25) is 8.42 Å². The zero-order valence-electron chi connectivity index (χ0n) is 4.25. The molecule has 0 N–H and O–H groups in total. The zero-order valence-corrected chi connectivity index (χ0v) is 5.89. The van der Waals surface area contributed by atoms with E-state index in [1.54, 1.807) is 0 Å². The molecule has 0 radical (unpaired) electrons. The van der Waals surface area contributed by atoms with Crippen LogP contribution in [-0.4, -0.2) is 19.9 Å². The first kappa shape index (κ1) is 6.16. The van der Waals surface area contributed by atoms with Gasteiger partial charge in [-0.15, -0.1) is 0 Å². The van der Waals surface area contributed by atoms with Gasteiger partial charge in [0, 0.05) is 11.5 Å². The second kappa shape index (κ2) is 2.11. The molecule has 8 heavy (non-hydrogen) atoms. The average Bonchev–Trinajstić information content (AvgIpc) is 1.98. The molecule has 0 saturated carbocycles. The van der Waals surface area contributed by atoms with Crippen LogP contribution >= 0.6 is 0 Å². The maximum Gasteiger partial charge on any atom is 0.0957 e. The Hall–Kier alpha value is 0.0400. The van der Waals surface area contributed by atoms with Gasteiger partial charge < -0.3 is 0 Å². The summed E-state index contributed by atoms with van der Waals surface area (Å²) in [6, 6.07) is 0. The van der Waals surface area contributed by atoms with E-state index in [2.05, 4.69) is 6.58 Å². The topological polar surface area (TPSA) is 34.1 Å². The molecule has 0 aromatic heterocycles. The summed E-state index contributed by atoms with van der Waals surface area (Å²) in [5.74, 6) is 1.07. The highest BCUT2D eigenvalue weighted by molar-refractivity contribution is 8.11. The van der Waals surface area contributed by atoms with Gasteiger partial charge in [-0.25, -0.2) is 0 Å². The predicted molar refractivity (Wildman–Crippen MR) is 35.2 cm³/mol. The van der Waals surface area contributed by atoms with Gasteiger partial charge in [0.15, 0.2) is 0 Å². The summed E-state index contributed by atoms with van der Waals surface area (Å²) in [4.78, 5) is 0. The minimum Gasteiger partial charge on any atom is -0.254 e. The second-order valence-electron chi connectivity index (χ2n) is 1.47. The van der Waals surface area contributed by atoms with Gasteiger partial charge in [0.25, 0.3) is 0 Å². The summed E-state index contributed by atoms with van der Waals surface area (Å²) >= 11 is 0. The molecule has 0 aromatic carbocycles. The lowest BCUT2D eigenvalue weighted by atomic mass is 11.0. The molecule has 0 aliphatic carbocycles. The van der Waals surface area contributed by atoms with Gasteiger partial charge >= 0.3 is 0 Å². The Balaban J connectivity index is 2.86. The SMILES string of the molecule is C=C1[S@](=O)CC[S@]1=O. The number of rotatable bonds is 0. The quantitative estimate of drug-likeness (QED) is 0.486. The van der Waals surface area contributed by atoms with E-state index in [1.807, 2.05) is 0 Å². The highest BCUT2D eigenvalue weighted by Gasteiger charge is 2.20. The Morgan fingerprint density at radius 1 is 1.25 bits per heavy atom. The van der Waals surface area contributed by atoms with E-state index in [-0.39, 0.29) is 0 Å². The van der Waals surface area contributed by atoms with Gasteiger partial charge in [0.1, 0.15) is 0 Å². The minimum absolute atomic E-state index is 0.407. The maximum absolute atomic E-state index is 10.6. The van der Waals surface area contributed by atoms with Crippen LogP contribution in [-0.2, 0) is 21.6 Å². The van der Waals surface area contributed by atoms with Gasteiger partial charge in [0.2, 0.25) is 0 Å². The molecule has 46 valence electrons. The third-order valence-electron chi connectivity index (χ3n) is 0.962. The maximum atomic E-state index is 10.6. The first-order valence-corrected chi connectivity index (χ1v) is 4.81. The van der Waals surface area contributed by atoms with Crippen LogP contribution in [0.2, 0.25) is 0 Å². The van der Waals surface area contributed by atoms with Crippen LogP contribution in [0.5, 0.6) is 0 Å². The molecule has 0 bridgehead atoms. The highest BCUT2D eigenvalue weighted by atomic mass is 32.2. The van der Waals surface area contributed by atoms with Crippen molar-refractivity contribution in [3.63, 3.8) is 0 Å². The van der Waals surface area contributed by atoms with Crippen LogP contribution in [0.4, 0.5) is 0 Å². The first-order valence-electron chi connectivity index (χ1n) is 2.17. The van der Waals surface area contributed by atoms with E-state index < -0.39 is 21.6 Å². The summed E-state index contributed by atoms with van der Waals surface area (Å²) in [5.41, 5.74) is 0. The van der Waals surface area contributed by atoms with Gasteiger partial charge in [0.05, 0.1) is 25.8 Å². The van der Waals surface area contributed by atoms with Crippen molar-refractivity contribution >= 4 is 21.6 Å². The lowest BCUT2D eigenvalue weighted by Crippen LogP contribution is -1.86. The summed E-state index contributed by atoms with van der Waals surface area (Å²) < 4.78 is 21.6. The normalized spacial score (nSPS) is 38.2. The molecule has 0 aromatic rings. The lowest BCUT2D eigenvalue weighted by molar-refractivity contribution is 0.689. The molecule has 4 heteroatoms. The predicted octanol–water partition coefficient (Wildman–Crippen LogP) is -0.0314. The standard InChI is InChI=1S/C4H6O2S2/c1-4-7(5)2-3-8(4)6/h1-3H2/t7-,8-/m1/s1. The Morgan fingerprint density at radius 3 is 1.75 bits per heavy atom. The fourth-order valence-corrected chi connectivity index (χ4v) is 3.48. The summed E-state index contributed by atoms with van der Waals surface area (Å²) in [6.07, 6.45) is 0. The van der Waals surface area contributed by atoms with Crippen LogP contribution in [0.15, 0.2) is 10.8 Å². The molecule has 2 atom stereocenters. The van der Waals surface area contributed by atoms with E-state index in [1.165, 1.54) is 0 Å². The molecule has 1 fully saturated rings. The van der Waals surface area contributed by atoms with Crippen LogP contribution in [0.3, 0.4) is 0 Å². The van der Waals surface area contributed by atoms with E-state index >= 15 is 0 Å². The van der Waals surface area contributed by atoms with Crippen molar-refractivity contribution in [2.75, 3.05) is 11.5 Å². The molecule has 1 aliphatic heterocycles. The van der Waals surface area contributed by atoms with Gasteiger partial charge in [-0.05, 0) is 0 Å². The zero-order chi connectivity index (χ0) is 6.15. The van der Waals surface area contributed by atoms with E-state index in [4.69, 9.17) is 0 Å². The molecule has 1 heterocycles. The molecule has 0 amide bonds. The fourth-order valence-electron chi connectivity index (χ4n) is 0.483. The Bertz CT molecular complexity index is 155. The van der Waals surface area contributed by atoms with E-state index in [0.717, 1.165) is 0 Å². The molecular formula is C4H6O2S2. The van der Waals surface area contributed by atoms with Gasteiger partial charge in [-0.2, -0.15) is 0 Å². The number of hydrogen-bond donors (Lipinski definition) is 0. The molecule has 0 unspecified atom stereocenters. The van der Waals surface area contributed by atoms with Crippen molar-refractivity contribution in [2.24, 2.45) is 0 Å². The van der Waals surface area contributed by atoms with Crippen molar-refractivity contribution in [2.45, 2.75) is 0 Å². The third-order valence-corrected chi connectivity index (χ3v) is 4.50. The van der Waals surface area contributed by atoms with Crippen molar-refractivity contribution in [3.8, 4) is 0 Å². The average molecular weight is 150 g/mol. The summed E-state index contributed by atoms with van der Waals surface area (Å²) in [6.45, 7) is 3.42. The van der Waals surface area contributed by atoms with Crippen LogP contribution in [0.1, 0.15) is 0 Å². The van der Waals surface area contributed by atoms with Crippen molar-refractivity contribution < 1.29 is 8.42 Å². The fraction of sp³-hybridized carbons (Fsp3) is 0.500. The first-order chi connectivity index (χ1) is 3.72. The molecule has 2 nitrogen and oxygen atoms in total. The second-order valence-corrected chi connectivity index (χ2v) is 4.91. The smallest absolute Gasteiger partial charge is 0.0957 e. The van der Waals surface area contributed by atoms with Gasteiger partial charge in [-0.1, -0.05) is 6.58 Å². The van der Waals surface area contributed by atoms with E-state index in [9.17, 15) is 8.42 Å². The molecule has 1 aliphatic rings. The van der Waals surface area contributed by atoms with Crippen LogP contribution in [0, 0.1) is 0 Å². The van der Waals surface area contributed by atoms with Crippen molar-refractivity contribution in [3.05, 3.63) is 10.8 Å². The molecular weight excluding hydrogens is 144 g/mol. The van der Waals surface area contributed by atoms with Crippen LogP contribution in [0.25, 0.3) is 0 Å². The van der Waals surface area contributed by atoms with Crippen molar-refractivity contribution in [1.29, 1.82) is 0 Å². The third kappa shape index (κ3) is 0.902. The largest absolute Gasteiger partial charge is 0.254 e. The Labute approximate surface area is 52.9 Å². The molecule has 0 spiro atoms. The Morgan fingerprint density at radius 2 is 1.62 bits per heavy atom. The van der Waals surface area contributed by atoms with Crippen LogP contribution < -0.4 is 0 Å². The molecule has 1 saturated heterocycles. The lowest BCUT2D eigenvalue weighted by Gasteiger charge is -1.83. The highest BCUT2D eigenvalue weighted by Crippen LogP contribution is 2.13. The van der Waals surface area contributed by atoms with E-state index in [0.29, 0.717) is 15.7 Å². The minimum atomic E-state index is -0.992. The van der Waals surface area contributed by atoms with Crippen molar-refractivity contribution in [1.82, 2.24) is 0 Å². The monoisotopic (exact) mass is 150 g/mol. The summed E-state index contributed by atoms with van der Waals surface area (Å²) in [7, 11) is -1.98. The molecule has 1 rings (SSSR count). The summed E-state index contributed by atoms with van der Waals surface area (Å²) in [5, 5.41) is 0. The number of hydrogen-bond acceptors (Lipinski definition) is 2. The Kier molecular flexibility index (Phi) is 1.62.